The number of carbonyl (C=O) groups is 1. The quantitative estimate of drug-likeness (QED) is 0.598. The first kappa shape index (κ1) is 14.5. The highest BCUT2D eigenvalue weighted by atomic mass is 127. The Morgan fingerprint density at radius 2 is 2.16 bits per heavy atom. The van der Waals surface area contributed by atoms with E-state index in [0.717, 1.165) is 29.3 Å². The summed E-state index contributed by atoms with van der Waals surface area (Å²) in [7, 11) is 1.35. The van der Waals surface area contributed by atoms with Gasteiger partial charge in [-0.2, -0.15) is 5.10 Å². The molecule has 1 aliphatic rings. The van der Waals surface area contributed by atoms with E-state index in [-0.39, 0.29) is 11.5 Å². The number of aromatic nitrogens is 2. The summed E-state index contributed by atoms with van der Waals surface area (Å²) < 4.78 is 6.98. The molecule has 0 bridgehead atoms. The van der Waals surface area contributed by atoms with Gasteiger partial charge in [-0.05, 0) is 48.3 Å². The number of nitrogens with zero attached hydrogens (tertiary/aromatic N) is 2. The molecule has 0 saturated heterocycles. The molecule has 0 amide bonds. The Labute approximate surface area is 125 Å². The average molecular weight is 376 g/mol. The minimum absolute atomic E-state index is 0.102. The van der Waals surface area contributed by atoms with Gasteiger partial charge in [0, 0.05) is 9.64 Å². The van der Waals surface area contributed by atoms with Crippen LogP contribution in [0, 0.1) is 9.49 Å². The van der Waals surface area contributed by atoms with Crippen LogP contribution in [0.4, 0.5) is 0 Å². The van der Waals surface area contributed by atoms with Crippen LogP contribution in [0.3, 0.4) is 0 Å². The standard InChI is InChI=1S/C13H17IN2O3/c1-13(12(18)19-2,9-5-3-4-6-9)16-11(17)7-10(14)8-15-16/h7-9H,3-6H2,1-2H3. The second kappa shape index (κ2) is 5.60. The van der Waals surface area contributed by atoms with Gasteiger partial charge < -0.3 is 4.74 Å². The molecular formula is C13H17IN2O3. The van der Waals surface area contributed by atoms with E-state index in [1.165, 1.54) is 17.9 Å². The second-order valence-corrected chi connectivity index (χ2v) is 6.29. The Hall–Kier alpha value is -0.920. The van der Waals surface area contributed by atoms with Crippen LogP contribution >= 0.6 is 22.6 Å². The van der Waals surface area contributed by atoms with Crippen molar-refractivity contribution >= 4 is 28.6 Å². The van der Waals surface area contributed by atoms with Crippen molar-refractivity contribution in [3.63, 3.8) is 0 Å². The molecule has 1 fully saturated rings. The zero-order valence-electron chi connectivity index (χ0n) is 11.1. The first-order chi connectivity index (χ1) is 9.00. The predicted octanol–water partition coefficient (Wildman–Crippen LogP) is 1.93. The SMILES string of the molecule is COC(=O)C(C)(C1CCCC1)n1ncc(I)cc1=O. The fourth-order valence-corrected chi connectivity index (χ4v) is 3.25. The van der Waals surface area contributed by atoms with Gasteiger partial charge in [-0.15, -0.1) is 0 Å². The van der Waals surface area contributed by atoms with Crippen molar-refractivity contribution in [2.24, 2.45) is 5.92 Å². The lowest BCUT2D eigenvalue weighted by molar-refractivity contribution is -0.154. The number of esters is 1. The summed E-state index contributed by atoms with van der Waals surface area (Å²) >= 11 is 2.03. The largest absolute Gasteiger partial charge is 0.467 e. The Bertz CT molecular complexity index is 537. The van der Waals surface area contributed by atoms with E-state index in [0.29, 0.717) is 0 Å². The van der Waals surface area contributed by atoms with Gasteiger partial charge in [0.05, 0.1) is 13.3 Å². The van der Waals surface area contributed by atoms with Crippen LogP contribution in [0.1, 0.15) is 32.6 Å². The summed E-state index contributed by atoms with van der Waals surface area (Å²) in [5.41, 5.74) is -1.26. The molecule has 1 saturated carbocycles. The average Bonchev–Trinajstić information content (AvgIpc) is 2.91. The van der Waals surface area contributed by atoms with Crippen LogP contribution in [0.25, 0.3) is 0 Å². The van der Waals surface area contributed by atoms with Crippen LogP contribution in [0.5, 0.6) is 0 Å². The highest BCUT2D eigenvalue weighted by Crippen LogP contribution is 2.38. The molecule has 5 nitrogen and oxygen atoms in total. The third-order valence-electron chi connectivity index (χ3n) is 3.96. The van der Waals surface area contributed by atoms with Crippen LogP contribution < -0.4 is 5.56 Å². The number of hydrogen-bond donors (Lipinski definition) is 0. The lowest BCUT2D eigenvalue weighted by Crippen LogP contribution is -2.51. The highest BCUT2D eigenvalue weighted by molar-refractivity contribution is 14.1. The molecule has 1 heterocycles. The molecule has 0 aromatic carbocycles. The molecule has 1 atom stereocenters. The summed E-state index contributed by atoms with van der Waals surface area (Å²) in [6, 6.07) is 1.49. The van der Waals surface area contributed by atoms with Crippen molar-refractivity contribution in [3.8, 4) is 0 Å². The zero-order chi connectivity index (χ0) is 14.0. The summed E-state index contributed by atoms with van der Waals surface area (Å²) in [5.74, 6) is -0.291. The lowest BCUT2D eigenvalue weighted by atomic mass is 9.84. The molecule has 0 N–H and O–H groups in total. The number of carbonyl (C=O) groups excluding carboxylic acids is 1. The zero-order valence-corrected chi connectivity index (χ0v) is 13.2. The number of rotatable bonds is 3. The predicted molar refractivity (Wildman–Crippen MR) is 78.8 cm³/mol. The monoisotopic (exact) mass is 376 g/mol. The Morgan fingerprint density at radius 3 is 2.68 bits per heavy atom. The fourth-order valence-electron chi connectivity index (χ4n) is 2.86. The molecular weight excluding hydrogens is 359 g/mol. The van der Waals surface area contributed by atoms with Crippen LogP contribution in [0.2, 0.25) is 0 Å². The number of methoxy groups -OCH3 is 1. The molecule has 1 aliphatic carbocycles. The summed E-state index contributed by atoms with van der Waals surface area (Å²) in [6.07, 6.45) is 5.60. The van der Waals surface area contributed by atoms with E-state index in [1.807, 2.05) is 22.6 Å². The molecule has 0 radical (unpaired) electrons. The van der Waals surface area contributed by atoms with Gasteiger partial charge >= 0.3 is 5.97 Å². The van der Waals surface area contributed by atoms with Gasteiger partial charge in [0.2, 0.25) is 0 Å². The summed E-state index contributed by atoms with van der Waals surface area (Å²) in [4.78, 5) is 24.4. The van der Waals surface area contributed by atoms with Crippen LogP contribution in [-0.2, 0) is 15.1 Å². The van der Waals surface area contributed by atoms with Crippen LogP contribution in [0.15, 0.2) is 17.1 Å². The molecule has 1 aromatic heterocycles. The maximum Gasteiger partial charge on any atom is 0.333 e. The fraction of sp³-hybridized carbons (Fsp3) is 0.615. The van der Waals surface area contributed by atoms with E-state index in [1.54, 1.807) is 13.1 Å². The number of halogens is 1. The van der Waals surface area contributed by atoms with E-state index >= 15 is 0 Å². The number of ether oxygens (including phenoxy) is 1. The Morgan fingerprint density at radius 1 is 1.53 bits per heavy atom. The maximum atomic E-state index is 12.2. The minimum atomic E-state index is -1.01. The molecule has 2 rings (SSSR count). The minimum Gasteiger partial charge on any atom is -0.467 e. The van der Waals surface area contributed by atoms with E-state index in [4.69, 9.17) is 4.74 Å². The molecule has 0 spiro atoms. The van der Waals surface area contributed by atoms with Crippen LogP contribution in [-0.4, -0.2) is 22.9 Å². The van der Waals surface area contributed by atoms with Gasteiger partial charge in [0.1, 0.15) is 0 Å². The number of hydrogen-bond acceptors (Lipinski definition) is 4. The normalized spacial score (nSPS) is 19.1. The van der Waals surface area contributed by atoms with Crippen molar-refractivity contribution in [2.45, 2.75) is 38.1 Å². The molecule has 19 heavy (non-hydrogen) atoms. The summed E-state index contributed by atoms with van der Waals surface area (Å²) in [5, 5.41) is 4.16. The summed E-state index contributed by atoms with van der Waals surface area (Å²) in [6.45, 7) is 1.76. The van der Waals surface area contributed by atoms with E-state index < -0.39 is 11.5 Å². The molecule has 1 aromatic rings. The first-order valence-corrected chi connectivity index (χ1v) is 7.41. The lowest BCUT2D eigenvalue weighted by Gasteiger charge is -2.33. The van der Waals surface area contributed by atoms with Crippen molar-refractivity contribution in [3.05, 3.63) is 26.2 Å². The topological polar surface area (TPSA) is 61.2 Å². The first-order valence-electron chi connectivity index (χ1n) is 6.34. The van der Waals surface area contributed by atoms with Gasteiger partial charge in [-0.1, -0.05) is 12.8 Å². The third kappa shape index (κ3) is 2.54. The Balaban J connectivity index is 2.53. The van der Waals surface area contributed by atoms with Crippen molar-refractivity contribution in [1.82, 2.24) is 9.78 Å². The van der Waals surface area contributed by atoms with Crippen molar-refractivity contribution < 1.29 is 9.53 Å². The molecule has 1 unspecified atom stereocenters. The van der Waals surface area contributed by atoms with Crippen molar-refractivity contribution in [2.75, 3.05) is 7.11 Å². The van der Waals surface area contributed by atoms with Gasteiger partial charge in [-0.25, -0.2) is 9.48 Å². The Kier molecular flexibility index (Phi) is 4.27. The van der Waals surface area contributed by atoms with E-state index in [9.17, 15) is 9.59 Å². The van der Waals surface area contributed by atoms with Gasteiger partial charge in [0.25, 0.3) is 5.56 Å². The highest BCUT2D eigenvalue weighted by Gasteiger charge is 2.46. The maximum absolute atomic E-state index is 12.2. The third-order valence-corrected chi connectivity index (χ3v) is 4.55. The second-order valence-electron chi connectivity index (χ2n) is 5.04. The van der Waals surface area contributed by atoms with E-state index in [2.05, 4.69) is 5.10 Å². The van der Waals surface area contributed by atoms with Gasteiger partial charge in [-0.3, -0.25) is 4.79 Å². The van der Waals surface area contributed by atoms with Gasteiger partial charge in [0.15, 0.2) is 5.54 Å². The smallest absolute Gasteiger partial charge is 0.333 e. The molecule has 6 heteroatoms. The molecule has 0 aliphatic heterocycles. The molecule has 104 valence electrons. The van der Waals surface area contributed by atoms with Crippen molar-refractivity contribution in [1.29, 1.82) is 0 Å².